The van der Waals surface area contributed by atoms with E-state index >= 15 is 0 Å². The third kappa shape index (κ3) is 2.86. The molecule has 0 bridgehead atoms. The average molecular weight is 262 g/mol. The van der Waals surface area contributed by atoms with Gasteiger partial charge in [0, 0.05) is 5.56 Å². The van der Waals surface area contributed by atoms with Crippen molar-refractivity contribution in [3.8, 4) is 11.5 Å². The van der Waals surface area contributed by atoms with Crippen molar-refractivity contribution >= 4 is 5.91 Å². The lowest BCUT2D eigenvalue weighted by atomic mass is 10.2. The Hall–Kier alpha value is -2.47. The van der Waals surface area contributed by atoms with Gasteiger partial charge >= 0.3 is 5.91 Å². The normalized spacial score (nSPS) is 10.0. The molecule has 0 radical (unpaired) electrons. The van der Waals surface area contributed by atoms with E-state index in [0.717, 1.165) is 0 Å². The minimum atomic E-state index is -0.497. The van der Waals surface area contributed by atoms with Gasteiger partial charge in [0.1, 0.15) is 6.61 Å². The number of hydrazine groups is 1. The zero-order valence-corrected chi connectivity index (χ0v) is 10.4. The number of rotatable bonds is 5. The first kappa shape index (κ1) is 13.0. The molecule has 0 aliphatic rings. The molecule has 0 unspecified atom stereocenters. The van der Waals surface area contributed by atoms with Gasteiger partial charge in [-0.25, -0.2) is 5.84 Å². The van der Waals surface area contributed by atoms with Crippen LogP contribution in [0, 0.1) is 0 Å². The number of benzene rings is 1. The molecule has 1 aromatic heterocycles. The number of hydrogen-bond acceptors (Lipinski definition) is 5. The van der Waals surface area contributed by atoms with Crippen LogP contribution >= 0.6 is 0 Å². The van der Waals surface area contributed by atoms with E-state index in [9.17, 15) is 4.79 Å². The standard InChI is InChI=1S/C13H14N2O4/c1-17-10-4-2-3-5-11(10)19-8-9-6-7-18-12(9)13(16)15-14/h2-7H,8,14H2,1H3,(H,15,16). The molecule has 1 aromatic carbocycles. The molecule has 1 amide bonds. The predicted octanol–water partition coefficient (Wildman–Crippen LogP) is 1.47. The summed E-state index contributed by atoms with van der Waals surface area (Å²) in [5.74, 6) is 5.91. The number of nitrogen functional groups attached to an aromatic ring is 1. The Bertz CT molecular complexity index is 565. The van der Waals surface area contributed by atoms with Gasteiger partial charge in [-0.1, -0.05) is 12.1 Å². The Morgan fingerprint density at radius 1 is 1.32 bits per heavy atom. The van der Waals surface area contributed by atoms with E-state index in [1.165, 1.54) is 6.26 Å². The second-order valence-corrected chi connectivity index (χ2v) is 3.69. The summed E-state index contributed by atoms with van der Waals surface area (Å²) in [6.07, 6.45) is 1.41. The summed E-state index contributed by atoms with van der Waals surface area (Å²) in [7, 11) is 1.56. The van der Waals surface area contributed by atoms with E-state index < -0.39 is 5.91 Å². The summed E-state index contributed by atoms with van der Waals surface area (Å²) in [5.41, 5.74) is 2.62. The fourth-order valence-corrected chi connectivity index (χ4v) is 1.61. The molecule has 0 aliphatic carbocycles. The Balaban J connectivity index is 2.11. The van der Waals surface area contributed by atoms with Crippen LogP contribution in [0.4, 0.5) is 0 Å². The minimum Gasteiger partial charge on any atom is -0.493 e. The lowest BCUT2D eigenvalue weighted by Gasteiger charge is -2.09. The van der Waals surface area contributed by atoms with Crippen LogP contribution in [0.3, 0.4) is 0 Å². The number of nitrogens with one attached hydrogen (secondary N) is 1. The van der Waals surface area contributed by atoms with Gasteiger partial charge in [-0.2, -0.15) is 0 Å². The largest absolute Gasteiger partial charge is 0.493 e. The number of para-hydroxylation sites is 2. The topological polar surface area (TPSA) is 86.7 Å². The number of hydrogen-bond donors (Lipinski definition) is 2. The first-order valence-corrected chi connectivity index (χ1v) is 5.59. The molecule has 3 N–H and O–H groups in total. The highest BCUT2D eigenvalue weighted by molar-refractivity contribution is 5.92. The van der Waals surface area contributed by atoms with Gasteiger partial charge in [-0.3, -0.25) is 10.2 Å². The van der Waals surface area contributed by atoms with Gasteiger partial charge < -0.3 is 13.9 Å². The van der Waals surface area contributed by atoms with Crippen molar-refractivity contribution in [3.63, 3.8) is 0 Å². The summed E-state index contributed by atoms with van der Waals surface area (Å²) >= 11 is 0. The van der Waals surface area contributed by atoms with Gasteiger partial charge in [0.2, 0.25) is 0 Å². The van der Waals surface area contributed by atoms with E-state index in [-0.39, 0.29) is 12.4 Å². The second kappa shape index (κ2) is 5.92. The molecule has 0 spiro atoms. The lowest BCUT2D eigenvalue weighted by molar-refractivity contribution is 0.0922. The molecule has 6 nitrogen and oxygen atoms in total. The van der Waals surface area contributed by atoms with Crippen molar-refractivity contribution < 1.29 is 18.7 Å². The summed E-state index contributed by atoms with van der Waals surface area (Å²) in [6.45, 7) is 0.180. The van der Waals surface area contributed by atoms with Crippen molar-refractivity contribution in [2.24, 2.45) is 5.84 Å². The molecule has 1 heterocycles. The quantitative estimate of drug-likeness (QED) is 0.484. The number of ether oxygens (including phenoxy) is 2. The molecule has 0 saturated heterocycles. The number of methoxy groups -OCH3 is 1. The van der Waals surface area contributed by atoms with E-state index in [0.29, 0.717) is 17.1 Å². The van der Waals surface area contributed by atoms with Crippen molar-refractivity contribution in [1.82, 2.24) is 5.43 Å². The Labute approximate surface area is 110 Å². The highest BCUT2D eigenvalue weighted by Gasteiger charge is 2.15. The summed E-state index contributed by atoms with van der Waals surface area (Å²) in [4.78, 5) is 11.4. The SMILES string of the molecule is COc1ccccc1OCc1ccoc1C(=O)NN. The molecule has 0 fully saturated rings. The third-order valence-corrected chi connectivity index (χ3v) is 2.54. The summed E-state index contributed by atoms with van der Waals surface area (Å²) in [6, 6.07) is 8.90. The molecule has 100 valence electrons. The van der Waals surface area contributed by atoms with Gasteiger partial charge in [0.05, 0.1) is 13.4 Å². The average Bonchev–Trinajstić information content (AvgIpc) is 2.93. The molecule has 0 saturated carbocycles. The number of nitrogens with two attached hydrogens (primary N) is 1. The van der Waals surface area contributed by atoms with Crippen LogP contribution in [0.5, 0.6) is 11.5 Å². The molecule has 2 aromatic rings. The highest BCUT2D eigenvalue weighted by Crippen LogP contribution is 2.27. The first-order chi connectivity index (χ1) is 9.26. The van der Waals surface area contributed by atoms with Gasteiger partial charge in [-0.05, 0) is 18.2 Å². The predicted molar refractivity (Wildman–Crippen MR) is 67.7 cm³/mol. The third-order valence-electron chi connectivity index (χ3n) is 2.54. The Kier molecular flexibility index (Phi) is 4.04. The van der Waals surface area contributed by atoms with Crippen LogP contribution in [0.2, 0.25) is 0 Å². The number of carbonyl (C=O) groups excluding carboxylic acids is 1. The number of carbonyl (C=O) groups is 1. The fraction of sp³-hybridized carbons (Fsp3) is 0.154. The van der Waals surface area contributed by atoms with Crippen molar-refractivity contribution in [1.29, 1.82) is 0 Å². The molecular weight excluding hydrogens is 248 g/mol. The maximum Gasteiger partial charge on any atom is 0.301 e. The van der Waals surface area contributed by atoms with Crippen molar-refractivity contribution in [3.05, 3.63) is 47.9 Å². The van der Waals surface area contributed by atoms with Crippen LogP contribution in [0.25, 0.3) is 0 Å². The summed E-state index contributed by atoms with van der Waals surface area (Å²) in [5, 5.41) is 0. The maximum atomic E-state index is 11.4. The van der Waals surface area contributed by atoms with E-state index in [2.05, 4.69) is 0 Å². The fourth-order valence-electron chi connectivity index (χ4n) is 1.61. The monoisotopic (exact) mass is 262 g/mol. The van der Waals surface area contributed by atoms with Crippen LogP contribution < -0.4 is 20.7 Å². The zero-order chi connectivity index (χ0) is 13.7. The Morgan fingerprint density at radius 2 is 2.05 bits per heavy atom. The second-order valence-electron chi connectivity index (χ2n) is 3.69. The van der Waals surface area contributed by atoms with Crippen LogP contribution in [-0.4, -0.2) is 13.0 Å². The van der Waals surface area contributed by atoms with Gasteiger partial charge in [-0.15, -0.1) is 0 Å². The van der Waals surface area contributed by atoms with Crippen LogP contribution in [0.15, 0.2) is 41.0 Å². The first-order valence-electron chi connectivity index (χ1n) is 5.59. The molecule has 2 rings (SSSR count). The maximum absolute atomic E-state index is 11.4. The van der Waals surface area contributed by atoms with Gasteiger partial charge in [0.25, 0.3) is 0 Å². The molecule has 19 heavy (non-hydrogen) atoms. The van der Waals surface area contributed by atoms with E-state index in [1.54, 1.807) is 25.3 Å². The highest BCUT2D eigenvalue weighted by atomic mass is 16.5. The van der Waals surface area contributed by atoms with Crippen LogP contribution in [-0.2, 0) is 6.61 Å². The van der Waals surface area contributed by atoms with E-state index in [4.69, 9.17) is 19.7 Å². The van der Waals surface area contributed by atoms with E-state index in [1.807, 2.05) is 17.6 Å². The molecule has 6 heteroatoms. The zero-order valence-electron chi connectivity index (χ0n) is 10.4. The Morgan fingerprint density at radius 3 is 2.74 bits per heavy atom. The number of amides is 1. The summed E-state index contributed by atoms with van der Waals surface area (Å²) < 4.78 is 15.8. The number of furan rings is 1. The van der Waals surface area contributed by atoms with Crippen molar-refractivity contribution in [2.75, 3.05) is 7.11 Å². The minimum absolute atomic E-state index is 0.136. The molecular formula is C13H14N2O4. The van der Waals surface area contributed by atoms with Crippen LogP contribution in [0.1, 0.15) is 16.1 Å². The van der Waals surface area contributed by atoms with Crippen molar-refractivity contribution in [2.45, 2.75) is 6.61 Å². The molecule has 0 aliphatic heterocycles. The van der Waals surface area contributed by atoms with Gasteiger partial charge in [0.15, 0.2) is 17.3 Å². The smallest absolute Gasteiger partial charge is 0.301 e. The lowest BCUT2D eigenvalue weighted by Crippen LogP contribution is -2.30. The molecule has 0 atom stereocenters.